The summed E-state index contributed by atoms with van der Waals surface area (Å²) in [5, 5.41) is 17.8. The summed E-state index contributed by atoms with van der Waals surface area (Å²) in [6.45, 7) is 1.64. The molecule has 0 aromatic rings. The van der Waals surface area contributed by atoms with Gasteiger partial charge in [0.05, 0.1) is 0 Å². The smallest absolute Gasteiger partial charge is 0.340 e. The van der Waals surface area contributed by atoms with Crippen LogP contribution in [0.4, 0.5) is 0 Å². The average molecular weight is 212 g/mol. The molecule has 0 saturated carbocycles. The van der Waals surface area contributed by atoms with Crippen LogP contribution in [0, 0.1) is 0 Å². The number of carbonyl (C=O) groups is 2. The molecule has 0 aromatic heterocycles. The topological polar surface area (TPSA) is 83.8 Å². The minimum Gasteiger partial charge on any atom is -0.479 e. The first-order valence-corrected chi connectivity index (χ1v) is 4.33. The van der Waals surface area contributed by atoms with Crippen molar-refractivity contribution >= 4 is 11.9 Å². The molecule has 82 valence electrons. The Labute approximate surface area is 86.7 Å². The number of hydrogen-bond donors (Lipinski definition) is 2. The van der Waals surface area contributed by atoms with Crippen molar-refractivity contribution in [1.82, 2.24) is 0 Å². The van der Waals surface area contributed by atoms with E-state index < -0.39 is 17.5 Å². The van der Waals surface area contributed by atoms with Gasteiger partial charge in [-0.05, 0) is 19.1 Å². The summed E-state index contributed by atoms with van der Waals surface area (Å²) in [5.74, 6) is -2.30. The second-order valence-corrected chi connectivity index (χ2v) is 3.44. The highest BCUT2D eigenvalue weighted by atomic mass is 16.5. The van der Waals surface area contributed by atoms with Gasteiger partial charge in [0.25, 0.3) is 0 Å². The number of rotatable bonds is 3. The molecule has 0 radical (unpaired) electrons. The maximum atomic E-state index is 11.0. The number of hydrogen-bond acceptors (Lipinski definition) is 3. The van der Waals surface area contributed by atoms with E-state index in [1.54, 1.807) is 6.92 Å². The van der Waals surface area contributed by atoms with E-state index >= 15 is 0 Å². The third-order valence-corrected chi connectivity index (χ3v) is 2.32. The molecule has 1 atom stereocenters. The first-order valence-electron chi connectivity index (χ1n) is 4.33. The van der Waals surface area contributed by atoms with E-state index in [1.165, 1.54) is 19.3 Å². The summed E-state index contributed by atoms with van der Waals surface area (Å²) in [6.07, 6.45) is 2.70. The van der Waals surface area contributed by atoms with Crippen molar-refractivity contribution in [3.05, 3.63) is 23.3 Å². The van der Waals surface area contributed by atoms with E-state index in [0.717, 1.165) is 0 Å². The van der Waals surface area contributed by atoms with Crippen molar-refractivity contribution in [3.8, 4) is 0 Å². The van der Waals surface area contributed by atoms with Gasteiger partial charge in [0.15, 0.2) is 5.60 Å². The zero-order chi connectivity index (χ0) is 11.6. The van der Waals surface area contributed by atoms with Crippen LogP contribution in [0.15, 0.2) is 23.3 Å². The molecule has 0 spiro atoms. The molecule has 5 nitrogen and oxygen atoms in total. The van der Waals surface area contributed by atoms with Crippen molar-refractivity contribution < 1.29 is 24.5 Å². The fourth-order valence-corrected chi connectivity index (χ4v) is 1.56. The molecule has 1 aliphatic carbocycles. The van der Waals surface area contributed by atoms with Crippen LogP contribution in [0.2, 0.25) is 0 Å². The van der Waals surface area contributed by atoms with Crippen molar-refractivity contribution in [2.45, 2.75) is 18.9 Å². The monoisotopic (exact) mass is 212 g/mol. The Balaban J connectivity index is 3.14. The van der Waals surface area contributed by atoms with Gasteiger partial charge in [0, 0.05) is 19.1 Å². The molecule has 15 heavy (non-hydrogen) atoms. The van der Waals surface area contributed by atoms with Crippen molar-refractivity contribution in [2.24, 2.45) is 0 Å². The van der Waals surface area contributed by atoms with Crippen molar-refractivity contribution in [3.63, 3.8) is 0 Å². The van der Waals surface area contributed by atoms with Crippen LogP contribution in [0.1, 0.15) is 13.3 Å². The SMILES string of the molecule is COC1(C(=O)O)C=C(C)C=C(C(=O)O)C1. The van der Waals surface area contributed by atoms with Crippen LogP contribution < -0.4 is 0 Å². The van der Waals surface area contributed by atoms with Gasteiger partial charge in [-0.15, -0.1) is 0 Å². The molecule has 5 heteroatoms. The van der Waals surface area contributed by atoms with Gasteiger partial charge in [0.1, 0.15) is 0 Å². The Hall–Kier alpha value is -1.62. The summed E-state index contributed by atoms with van der Waals surface area (Å²) in [7, 11) is 1.25. The summed E-state index contributed by atoms with van der Waals surface area (Å²) in [4.78, 5) is 21.8. The Morgan fingerprint density at radius 1 is 1.47 bits per heavy atom. The maximum absolute atomic E-state index is 11.0. The number of aliphatic carboxylic acids is 2. The Morgan fingerprint density at radius 3 is 2.47 bits per heavy atom. The predicted octanol–water partition coefficient (Wildman–Crippen LogP) is 0.817. The van der Waals surface area contributed by atoms with Crippen molar-refractivity contribution in [1.29, 1.82) is 0 Å². The molecule has 1 unspecified atom stereocenters. The van der Waals surface area contributed by atoms with Crippen LogP contribution in [-0.2, 0) is 14.3 Å². The van der Waals surface area contributed by atoms with E-state index in [1.807, 2.05) is 0 Å². The van der Waals surface area contributed by atoms with Gasteiger partial charge in [-0.3, -0.25) is 0 Å². The van der Waals surface area contributed by atoms with E-state index in [9.17, 15) is 9.59 Å². The molecule has 0 aliphatic heterocycles. The lowest BCUT2D eigenvalue weighted by molar-refractivity contribution is -0.156. The van der Waals surface area contributed by atoms with E-state index in [2.05, 4.69) is 0 Å². The minimum absolute atomic E-state index is 0.0410. The highest BCUT2D eigenvalue weighted by Crippen LogP contribution is 2.29. The second-order valence-electron chi connectivity index (χ2n) is 3.44. The molecular weight excluding hydrogens is 200 g/mol. The third-order valence-electron chi connectivity index (χ3n) is 2.32. The molecule has 0 saturated heterocycles. The van der Waals surface area contributed by atoms with Crippen LogP contribution in [-0.4, -0.2) is 34.9 Å². The van der Waals surface area contributed by atoms with Gasteiger partial charge >= 0.3 is 11.9 Å². The lowest BCUT2D eigenvalue weighted by Gasteiger charge is -2.28. The fraction of sp³-hybridized carbons (Fsp3) is 0.400. The van der Waals surface area contributed by atoms with Gasteiger partial charge in [-0.2, -0.15) is 0 Å². The third kappa shape index (κ3) is 2.07. The van der Waals surface area contributed by atoms with Gasteiger partial charge in [-0.25, -0.2) is 9.59 Å². The number of methoxy groups -OCH3 is 1. The molecule has 2 N–H and O–H groups in total. The normalized spacial score (nSPS) is 25.5. The predicted molar refractivity (Wildman–Crippen MR) is 51.5 cm³/mol. The summed E-state index contributed by atoms with van der Waals surface area (Å²) < 4.78 is 4.91. The standard InChI is InChI=1S/C10H12O5/c1-6-3-7(8(11)12)5-10(4-6,15-2)9(13)14/h3-4H,5H2,1-2H3,(H,11,12)(H,13,14). The summed E-state index contributed by atoms with van der Waals surface area (Å²) >= 11 is 0. The van der Waals surface area contributed by atoms with Crippen LogP contribution in [0.3, 0.4) is 0 Å². The highest BCUT2D eigenvalue weighted by molar-refractivity contribution is 5.91. The van der Waals surface area contributed by atoms with Crippen LogP contribution in [0.25, 0.3) is 0 Å². The Bertz CT molecular complexity index is 366. The zero-order valence-electron chi connectivity index (χ0n) is 8.48. The highest BCUT2D eigenvalue weighted by Gasteiger charge is 2.40. The number of ether oxygens (including phenoxy) is 1. The van der Waals surface area contributed by atoms with Gasteiger partial charge in [0.2, 0.25) is 0 Å². The van der Waals surface area contributed by atoms with E-state index in [4.69, 9.17) is 14.9 Å². The molecule has 0 amide bonds. The first kappa shape index (κ1) is 11.5. The molecular formula is C10H12O5. The molecule has 0 heterocycles. The van der Waals surface area contributed by atoms with Crippen LogP contribution in [0.5, 0.6) is 0 Å². The Morgan fingerprint density at radius 2 is 2.07 bits per heavy atom. The summed E-state index contributed by atoms with van der Waals surface area (Å²) in [6, 6.07) is 0. The minimum atomic E-state index is -1.55. The molecule has 0 bridgehead atoms. The fourth-order valence-electron chi connectivity index (χ4n) is 1.56. The lowest BCUT2D eigenvalue weighted by atomic mass is 9.86. The molecule has 1 rings (SSSR count). The van der Waals surface area contributed by atoms with Crippen molar-refractivity contribution in [2.75, 3.05) is 7.11 Å². The van der Waals surface area contributed by atoms with E-state index in [-0.39, 0.29) is 12.0 Å². The molecule has 1 aliphatic rings. The largest absolute Gasteiger partial charge is 0.479 e. The van der Waals surface area contributed by atoms with E-state index in [0.29, 0.717) is 5.57 Å². The Kier molecular flexibility index (Phi) is 2.95. The number of allylic oxidation sites excluding steroid dienone is 2. The van der Waals surface area contributed by atoms with Gasteiger partial charge < -0.3 is 14.9 Å². The average Bonchev–Trinajstić information content (AvgIpc) is 2.16. The lowest BCUT2D eigenvalue weighted by Crippen LogP contribution is -2.41. The number of carboxylic acids is 2. The molecule has 0 fully saturated rings. The van der Waals surface area contributed by atoms with Gasteiger partial charge in [-0.1, -0.05) is 5.57 Å². The second kappa shape index (κ2) is 3.86. The number of carboxylic acid groups (broad SMARTS) is 2. The summed E-state index contributed by atoms with van der Waals surface area (Å²) in [5.41, 5.74) is -0.936. The zero-order valence-corrected chi connectivity index (χ0v) is 8.48. The quantitative estimate of drug-likeness (QED) is 0.723. The van der Waals surface area contributed by atoms with Crippen LogP contribution >= 0.6 is 0 Å². The maximum Gasteiger partial charge on any atom is 0.340 e. The first-order chi connectivity index (χ1) is 6.91. The molecule has 0 aromatic carbocycles.